The maximum atomic E-state index is 4.28. The molecule has 0 N–H and O–H groups in total. The minimum absolute atomic E-state index is 0. The van der Waals surface area contributed by atoms with E-state index < -0.39 is 0 Å². The summed E-state index contributed by atoms with van der Waals surface area (Å²) in [6, 6.07) is 13.1. The van der Waals surface area contributed by atoms with Crippen LogP contribution in [0.2, 0.25) is 0 Å². The molecule has 0 radical (unpaired) electrons. The number of fused-ring (bicyclic) bond motifs is 3. The fraction of sp³-hybridized carbons (Fsp3) is 0.188. The normalized spacial score (nSPS) is 14.7. The van der Waals surface area contributed by atoms with Crippen LogP contribution in [0.4, 0.5) is 0 Å². The van der Waals surface area contributed by atoms with Crippen LogP contribution in [-0.4, -0.2) is 34.5 Å². The summed E-state index contributed by atoms with van der Waals surface area (Å²) < 4.78 is 0. The van der Waals surface area contributed by atoms with Gasteiger partial charge in [0.1, 0.15) is 0 Å². The van der Waals surface area contributed by atoms with Crippen molar-refractivity contribution in [2.24, 2.45) is 0 Å². The van der Waals surface area contributed by atoms with Crippen LogP contribution in [0.5, 0.6) is 0 Å². The molecular weight excluding hydrogens is 229 g/mol. The minimum Gasteiger partial charge on any atom is -0.264 e. The number of nitrogens with zero attached hydrogens (tertiary/aromatic N) is 1. The molecule has 1 saturated carbocycles. The first-order chi connectivity index (χ1) is 8.43. The molecule has 0 bridgehead atoms. The average Bonchev–Trinajstić information content (AvgIpc) is 3.22. The van der Waals surface area contributed by atoms with Crippen molar-refractivity contribution in [3.63, 3.8) is 0 Å². The largest absolute Gasteiger partial charge is 0.264 e. The third-order valence-electron chi connectivity index (χ3n) is 3.71. The third-order valence-corrected chi connectivity index (χ3v) is 3.71. The van der Waals surface area contributed by atoms with Crippen molar-refractivity contribution in [1.82, 2.24) is 4.98 Å². The minimum atomic E-state index is 0. The fourth-order valence-corrected chi connectivity index (χ4v) is 2.71. The second kappa shape index (κ2) is 4.65. The number of benzene rings is 2. The predicted molar refractivity (Wildman–Crippen MR) is 78.4 cm³/mol. The molecule has 1 nitrogen and oxygen atoms in total. The Morgan fingerprint density at radius 3 is 2.61 bits per heavy atom. The first-order valence-corrected chi connectivity index (χ1v) is 6.19. The maximum absolute atomic E-state index is 4.28. The van der Waals surface area contributed by atoms with Gasteiger partial charge in [-0.1, -0.05) is 30.3 Å². The van der Waals surface area contributed by atoms with Crippen LogP contribution in [0.1, 0.15) is 24.3 Å². The average molecular weight is 243 g/mol. The van der Waals surface area contributed by atoms with E-state index in [1.54, 1.807) is 0 Å². The van der Waals surface area contributed by atoms with Crippen molar-refractivity contribution in [2.45, 2.75) is 18.8 Å². The zero-order valence-electron chi connectivity index (χ0n) is 9.56. The predicted octanol–water partition coefficient (Wildman–Crippen LogP) is 3.62. The molecule has 3 aromatic rings. The van der Waals surface area contributed by atoms with Gasteiger partial charge >= 0.3 is 29.6 Å². The molecule has 0 amide bonds. The molecule has 1 heterocycles. The van der Waals surface area contributed by atoms with Crippen molar-refractivity contribution in [3.8, 4) is 0 Å². The van der Waals surface area contributed by atoms with Gasteiger partial charge in [0.05, 0.1) is 0 Å². The van der Waals surface area contributed by atoms with Crippen LogP contribution in [0.15, 0.2) is 48.8 Å². The van der Waals surface area contributed by atoms with Gasteiger partial charge in [0.15, 0.2) is 0 Å². The molecule has 1 aliphatic rings. The molecule has 84 valence electrons. The number of rotatable bonds is 1. The van der Waals surface area contributed by atoms with E-state index in [1.807, 2.05) is 12.4 Å². The van der Waals surface area contributed by atoms with Crippen molar-refractivity contribution in [1.29, 1.82) is 0 Å². The van der Waals surface area contributed by atoms with E-state index in [1.165, 1.54) is 39.9 Å². The number of hydrogen-bond donors (Lipinski definition) is 0. The summed E-state index contributed by atoms with van der Waals surface area (Å²) in [6.07, 6.45) is 6.60. The van der Waals surface area contributed by atoms with Gasteiger partial charge < -0.3 is 0 Å². The Morgan fingerprint density at radius 2 is 1.78 bits per heavy atom. The molecule has 2 aromatic carbocycles. The van der Waals surface area contributed by atoms with Crippen LogP contribution in [0.3, 0.4) is 0 Å². The molecule has 0 saturated heterocycles. The Morgan fingerprint density at radius 1 is 0.944 bits per heavy atom. The van der Waals surface area contributed by atoms with E-state index in [0.717, 1.165) is 5.92 Å². The monoisotopic (exact) mass is 243 g/mol. The molecule has 1 fully saturated rings. The SMILES string of the molecule is [NaH].c1ccc2c(c1)cc(C1CC1)c1ccncc12. The smallest absolute Gasteiger partial charge is 0.0352 e. The third kappa shape index (κ3) is 1.87. The molecule has 2 heteroatoms. The van der Waals surface area contributed by atoms with Gasteiger partial charge in [-0.2, -0.15) is 0 Å². The van der Waals surface area contributed by atoms with Crippen molar-refractivity contribution in [3.05, 3.63) is 54.4 Å². The van der Waals surface area contributed by atoms with Gasteiger partial charge in [-0.05, 0) is 46.5 Å². The van der Waals surface area contributed by atoms with Gasteiger partial charge in [-0.25, -0.2) is 0 Å². The van der Waals surface area contributed by atoms with E-state index in [-0.39, 0.29) is 29.6 Å². The Bertz CT molecular complexity index is 716. The van der Waals surface area contributed by atoms with Crippen LogP contribution in [0.25, 0.3) is 21.5 Å². The summed E-state index contributed by atoms with van der Waals surface area (Å²) >= 11 is 0. The van der Waals surface area contributed by atoms with Gasteiger partial charge in [0.2, 0.25) is 0 Å². The van der Waals surface area contributed by atoms with Gasteiger partial charge in [0, 0.05) is 17.8 Å². The standard InChI is InChI=1S/C16H13N.Na.H/c1-2-4-13-12(3-1)9-15(11-5-6-11)14-7-8-17-10-16(13)14;;/h1-4,7-11H,5-6H2;;. The Hall–Kier alpha value is -0.890. The van der Waals surface area contributed by atoms with Gasteiger partial charge in [-0.3, -0.25) is 4.98 Å². The second-order valence-corrected chi connectivity index (χ2v) is 4.88. The Balaban J connectivity index is 0.000001000. The molecule has 1 aromatic heterocycles. The molecule has 0 atom stereocenters. The molecule has 18 heavy (non-hydrogen) atoms. The van der Waals surface area contributed by atoms with Gasteiger partial charge in [0.25, 0.3) is 0 Å². The van der Waals surface area contributed by atoms with Crippen molar-refractivity contribution < 1.29 is 0 Å². The zero-order valence-corrected chi connectivity index (χ0v) is 9.56. The van der Waals surface area contributed by atoms with Crippen LogP contribution in [-0.2, 0) is 0 Å². The summed E-state index contributed by atoms with van der Waals surface area (Å²) in [5.41, 5.74) is 1.51. The summed E-state index contributed by atoms with van der Waals surface area (Å²) in [4.78, 5) is 4.28. The van der Waals surface area contributed by atoms with E-state index in [4.69, 9.17) is 0 Å². The summed E-state index contributed by atoms with van der Waals surface area (Å²) in [5.74, 6) is 0.782. The summed E-state index contributed by atoms with van der Waals surface area (Å²) in [6.45, 7) is 0. The first-order valence-electron chi connectivity index (χ1n) is 6.19. The summed E-state index contributed by atoms with van der Waals surface area (Å²) in [7, 11) is 0. The number of hydrogen-bond acceptors (Lipinski definition) is 1. The molecular formula is C16H14NNa. The van der Waals surface area contributed by atoms with E-state index in [0.29, 0.717) is 0 Å². The molecule has 0 unspecified atom stereocenters. The molecule has 1 aliphatic carbocycles. The van der Waals surface area contributed by atoms with E-state index in [2.05, 4.69) is 41.4 Å². The van der Waals surface area contributed by atoms with Crippen LogP contribution in [0, 0.1) is 0 Å². The zero-order chi connectivity index (χ0) is 11.2. The Labute approximate surface area is 129 Å². The second-order valence-electron chi connectivity index (χ2n) is 4.88. The fourth-order valence-electron chi connectivity index (χ4n) is 2.71. The molecule has 4 rings (SSSR count). The number of aromatic nitrogens is 1. The maximum Gasteiger partial charge on any atom is 0.0352 e. The quantitative estimate of drug-likeness (QED) is 0.470. The molecule has 0 aliphatic heterocycles. The molecule has 0 spiro atoms. The van der Waals surface area contributed by atoms with Crippen LogP contribution < -0.4 is 0 Å². The summed E-state index contributed by atoms with van der Waals surface area (Å²) in [5, 5.41) is 5.35. The Kier molecular flexibility index (Phi) is 3.14. The first kappa shape index (κ1) is 12.2. The van der Waals surface area contributed by atoms with E-state index >= 15 is 0 Å². The van der Waals surface area contributed by atoms with Crippen molar-refractivity contribution in [2.75, 3.05) is 0 Å². The number of pyridine rings is 1. The van der Waals surface area contributed by atoms with Crippen LogP contribution >= 0.6 is 0 Å². The van der Waals surface area contributed by atoms with E-state index in [9.17, 15) is 0 Å². The van der Waals surface area contributed by atoms with Crippen molar-refractivity contribution >= 4 is 51.1 Å². The topological polar surface area (TPSA) is 12.9 Å². The van der Waals surface area contributed by atoms with Gasteiger partial charge in [-0.15, -0.1) is 0 Å².